The van der Waals surface area contributed by atoms with Gasteiger partial charge in [0, 0.05) is 12.1 Å². The van der Waals surface area contributed by atoms with E-state index in [1.807, 2.05) is 0 Å². The van der Waals surface area contributed by atoms with Gasteiger partial charge in [-0.1, -0.05) is 6.07 Å². The zero-order chi connectivity index (χ0) is 14.7. The molecule has 2 rings (SSSR count). The zero-order valence-corrected chi connectivity index (χ0v) is 11.3. The largest absolute Gasteiger partial charge is 0.398 e. The molecule has 1 fully saturated rings. The number of hydrogen-bond acceptors (Lipinski definition) is 6. The maximum atomic E-state index is 12.2. The molecule has 0 aliphatic carbocycles. The summed E-state index contributed by atoms with van der Waals surface area (Å²) in [6, 6.07) is 4.12. The van der Waals surface area contributed by atoms with Crippen molar-refractivity contribution in [3.8, 4) is 0 Å². The highest BCUT2D eigenvalue weighted by atomic mass is 32.2. The Balaban J connectivity index is 2.15. The van der Waals surface area contributed by atoms with Crippen molar-refractivity contribution in [2.75, 3.05) is 5.73 Å². The smallest absolute Gasteiger partial charge is 0.253 e. The summed E-state index contributed by atoms with van der Waals surface area (Å²) in [6.45, 7) is 0. The minimum Gasteiger partial charge on any atom is -0.398 e. The van der Waals surface area contributed by atoms with Crippen molar-refractivity contribution in [2.45, 2.75) is 23.8 Å². The van der Waals surface area contributed by atoms with Crippen molar-refractivity contribution in [1.29, 1.82) is 0 Å². The maximum absolute atomic E-state index is 12.2. The van der Waals surface area contributed by atoms with Gasteiger partial charge in [0.2, 0.25) is 11.8 Å². The normalized spacial score (nSPS) is 18.6. The summed E-state index contributed by atoms with van der Waals surface area (Å²) in [5, 5.41) is 10.3. The summed E-state index contributed by atoms with van der Waals surface area (Å²) in [5.41, 5.74) is 6.45. The number of amides is 3. The molecule has 0 saturated carbocycles. The molecule has 1 unspecified atom stereocenters. The van der Waals surface area contributed by atoms with Crippen LogP contribution in [-0.4, -0.2) is 23.8 Å². The number of carbonyl (C=O) groups is 3. The van der Waals surface area contributed by atoms with Crippen LogP contribution in [0.5, 0.6) is 0 Å². The van der Waals surface area contributed by atoms with Gasteiger partial charge in [0.05, 0.1) is 10.5 Å². The number of imide groups is 1. The Morgan fingerprint density at radius 1 is 1.40 bits per heavy atom. The molecule has 7 nitrogen and oxygen atoms in total. The van der Waals surface area contributed by atoms with Crippen molar-refractivity contribution in [3.63, 3.8) is 0 Å². The van der Waals surface area contributed by atoms with Gasteiger partial charge in [-0.15, -0.1) is 0 Å². The first-order chi connectivity index (χ1) is 9.52. The lowest BCUT2D eigenvalue weighted by molar-refractivity contribution is -0.134. The lowest BCUT2D eigenvalue weighted by atomic mass is 10.1. The summed E-state index contributed by atoms with van der Waals surface area (Å²) in [7, 11) is 0. The van der Waals surface area contributed by atoms with E-state index in [-0.39, 0.29) is 18.7 Å². The Labute approximate surface area is 119 Å². The molecule has 0 radical (unpaired) electrons. The Morgan fingerprint density at radius 3 is 2.80 bits per heavy atom. The van der Waals surface area contributed by atoms with Crippen molar-refractivity contribution in [3.05, 3.63) is 23.8 Å². The highest BCUT2D eigenvalue weighted by Gasteiger charge is 2.28. The second-order valence-electron chi connectivity index (χ2n) is 4.32. The monoisotopic (exact) mass is 294 g/mol. The number of hydrogen-bond donors (Lipinski definition) is 4. The Kier molecular flexibility index (Phi) is 4.26. The fourth-order valence-electron chi connectivity index (χ4n) is 1.93. The Morgan fingerprint density at radius 2 is 2.15 bits per heavy atom. The van der Waals surface area contributed by atoms with Crippen LogP contribution in [-0.2, 0) is 9.59 Å². The number of nitrogens with one attached hydrogen (secondary N) is 2. The molecule has 1 heterocycles. The van der Waals surface area contributed by atoms with E-state index in [0.717, 1.165) is 11.9 Å². The first kappa shape index (κ1) is 14.4. The SMILES string of the molecule is NSc1c(N)cccc1C(=O)NC1CCC(=O)NC1=O. The molecule has 0 spiro atoms. The average molecular weight is 294 g/mol. The highest BCUT2D eigenvalue weighted by molar-refractivity contribution is 7.97. The second-order valence-corrected chi connectivity index (χ2v) is 4.96. The van der Waals surface area contributed by atoms with Gasteiger partial charge in [0.25, 0.3) is 5.91 Å². The lowest BCUT2D eigenvalue weighted by Gasteiger charge is -2.22. The third-order valence-electron chi connectivity index (χ3n) is 2.95. The predicted octanol–water partition coefficient (Wildman–Crippen LogP) is -0.230. The van der Waals surface area contributed by atoms with Crippen LogP contribution in [0.4, 0.5) is 5.69 Å². The number of nitrogen functional groups attached to an aromatic ring is 1. The minimum atomic E-state index is -0.725. The quantitative estimate of drug-likeness (QED) is 0.346. The third kappa shape index (κ3) is 2.91. The summed E-state index contributed by atoms with van der Waals surface area (Å²) in [5.74, 6) is -1.28. The van der Waals surface area contributed by atoms with Crippen molar-refractivity contribution < 1.29 is 14.4 Å². The Hall–Kier alpha value is -2.06. The van der Waals surface area contributed by atoms with Crippen LogP contribution in [0.3, 0.4) is 0 Å². The van der Waals surface area contributed by atoms with E-state index in [9.17, 15) is 14.4 Å². The molecule has 0 bridgehead atoms. The van der Waals surface area contributed by atoms with E-state index in [1.54, 1.807) is 18.2 Å². The van der Waals surface area contributed by atoms with Crippen LogP contribution in [0.25, 0.3) is 0 Å². The molecule has 20 heavy (non-hydrogen) atoms. The van der Waals surface area contributed by atoms with Crippen molar-refractivity contribution in [2.24, 2.45) is 5.14 Å². The molecule has 1 aliphatic rings. The first-order valence-corrected chi connectivity index (χ1v) is 6.80. The van der Waals surface area contributed by atoms with Crippen LogP contribution < -0.4 is 21.5 Å². The molecule has 1 saturated heterocycles. The van der Waals surface area contributed by atoms with Crippen LogP contribution in [0.2, 0.25) is 0 Å². The van der Waals surface area contributed by atoms with Gasteiger partial charge in [-0.25, -0.2) is 0 Å². The van der Waals surface area contributed by atoms with Gasteiger partial charge in [0.1, 0.15) is 6.04 Å². The standard InChI is InChI=1S/C12H14N4O3S/c13-7-3-1-2-6(10(7)20-14)11(18)15-8-4-5-9(17)16-12(8)19/h1-3,8H,4-5,13-14H2,(H,15,18)(H,16,17,19). The molecule has 106 valence electrons. The van der Waals surface area contributed by atoms with E-state index in [2.05, 4.69) is 10.6 Å². The van der Waals surface area contributed by atoms with E-state index < -0.39 is 17.9 Å². The van der Waals surface area contributed by atoms with Gasteiger partial charge < -0.3 is 11.1 Å². The average Bonchev–Trinajstić information content (AvgIpc) is 2.41. The van der Waals surface area contributed by atoms with Gasteiger partial charge in [-0.3, -0.25) is 24.8 Å². The van der Waals surface area contributed by atoms with E-state index >= 15 is 0 Å². The zero-order valence-electron chi connectivity index (χ0n) is 10.5. The van der Waals surface area contributed by atoms with Crippen LogP contribution in [0.1, 0.15) is 23.2 Å². The van der Waals surface area contributed by atoms with Gasteiger partial charge >= 0.3 is 0 Å². The first-order valence-electron chi connectivity index (χ1n) is 5.92. The Bertz CT molecular complexity index is 576. The fourth-order valence-corrected chi connectivity index (χ4v) is 2.42. The van der Waals surface area contributed by atoms with Gasteiger partial charge in [-0.05, 0) is 30.5 Å². The summed E-state index contributed by atoms with van der Waals surface area (Å²) in [6.07, 6.45) is 0.482. The van der Waals surface area contributed by atoms with Crippen molar-refractivity contribution >= 4 is 35.4 Å². The van der Waals surface area contributed by atoms with Crippen LogP contribution in [0.15, 0.2) is 23.1 Å². The molecule has 8 heteroatoms. The summed E-state index contributed by atoms with van der Waals surface area (Å²) >= 11 is 0.873. The number of piperidine rings is 1. The molecule has 6 N–H and O–H groups in total. The number of nitrogens with two attached hydrogens (primary N) is 2. The molecular formula is C12H14N4O3S. The van der Waals surface area contributed by atoms with Gasteiger partial charge in [0.15, 0.2) is 0 Å². The van der Waals surface area contributed by atoms with E-state index in [4.69, 9.17) is 10.9 Å². The molecule has 1 aromatic rings. The topological polar surface area (TPSA) is 127 Å². The number of rotatable bonds is 3. The third-order valence-corrected chi connectivity index (χ3v) is 3.64. The van der Waals surface area contributed by atoms with Crippen molar-refractivity contribution in [1.82, 2.24) is 10.6 Å². The molecule has 1 aromatic carbocycles. The fraction of sp³-hybridized carbons (Fsp3) is 0.250. The second kappa shape index (κ2) is 5.93. The van der Waals surface area contributed by atoms with E-state index in [0.29, 0.717) is 16.1 Å². The molecule has 3 amide bonds. The summed E-state index contributed by atoms with van der Waals surface area (Å²) < 4.78 is 0. The number of anilines is 1. The molecule has 1 aliphatic heterocycles. The maximum Gasteiger partial charge on any atom is 0.253 e. The van der Waals surface area contributed by atoms with E-state index in [1.165, 1.54) is 0 Å². The van der Waals surface area contributed by atoms with Crippen LogP contribution >= 0.6 is 11.9 Å². The molecule has 0 aromatic heterocycles. The molecule has 1 atom stereocenters. The number of benzene rings is 1. The minimum absolute atomic E-state index is 0.201. The lowest BCUT2D eigenvalue weighted by Crippen LogP contribution is -2.52. The highest BCUT2D eigenvalue weighted by Crippen LogP contribution is 2.25. The summed E-state index contributed by atoms with van der Waals surface area (Å²) in [4.78, 5) is 35.3. The number of carbonyl (C=O) groups excluding carboxylic acids is 3. The molecular weight excluding hydrogens is 280 g/mol. The van der Waals surface area contributed by atoms with Crippen LogP contribution in [0, 0.1) is 0 Å². The predicted molar refractivity (Wildman–Crippen MR) is 74.5 cm³/mol. The van der Waals surface area contributed by atoms with Gasteiger partial charge in [-0.2, -0.15) is 0 Å².